The molecule has 2 aromatic heterocycles. The fourth-order valence-electron chi connectivity index (χ4n) is 3.67. The largest absolute Gasteiger partial charge is 0.469 e. The Hall–Kier alpha value is -3.86. The van der Waals surface area contributed by atoms with E-state index in [0.717, 1.165) is 22.6 Å². The molecule has 0 spiro atoms. The predicted molar refractivity (Wildman–Crippen MR) is 118 cm³/mol. The van der Waals surface area contributed by atoms with Crippen LogP contribution in [0.2, 0.25) is 0 Å². The number of Topliss-reactive ketones (excluding diaryl/α,β-unsaturated/α-hetero) is 1. The molecule has 0 N–H and O–H groups in total. The molecule has 8 heteroatoms. The third kappa shape index (κ3) is 4.72. The summed E-state index contributed by atoms with van der Waals surface area (Å²) in [6.45, 7) is 7.45. The number of hydrogen-bond donors (Lipinski definition) is 0. The van der Waals surface area contributed by atoms with Crippen molar-refractivity contribution in [1.29, 1.82) is 5.26 Å². The van der Waals surface area contributed by atoms with Crippen molar-refractivity contribution in [2.24, 2.45) is 0 Å². The Labute approximate surface area is 186 Å². The third-order valence-electron chi connectivity index (χ3n) is 5.29. The molecule has 3 rings (SSSR count). The highest BCUT2D eigenvalue weighted by Crippen LogP contribution is 2.22. The van der Waals surface area contributed by atoms with Gasteiger partial charge in [0.25, 0.3) is 0 Å². The van der Waals surface area contributed by atoms with Crippen molar-refractivity contribution in [3.05, 3.63) is 70.1 Å². The highest BCUT2D eigenvalue weighted by molar-refractivity contribution is 6.02. The Morgan fingerprint density at radius 1 is 1.09 bits per heavy atom. The van der Waals surface area contributed by atoms with Gasteiger partial charge in [-0.2, -0.15) is 10.4 Å². The van der Waals surface area contributed by atoms with Crippen molar-refractivity contribution in [1.82, 2.24) is 19.7 Å². The van der Waals surface area contributed by atoms with Gasteiger partial charge in [0.2, 0.25) is 0 Å². The second-order valence-corrected chi connectivity index (χ2v) is 7.62. The van der Waals surface area contributed by atoms with E-state index in [4.69, 9.17) is 4.74 Å². The van der Waals surface area contributed by atoms with Crippen LogP contribution in [-0.2, 0) is 16.0 Å². The first-order chi connectivity index (χ1) is 15.2. The molecule has 0 fully saturated rings. The molecule has 2 heterocycles. The van der Waals surface area contributed by atoms with Gasteiger partial charge in [-0.15, -0.1) is 0 Å². The Kier molecular flexibility index (Phi) is 6.79. The summed E-state index contributed by atoms with van der Waals surface area (Å²) in [5, 5.41) is 14.2. The van der Waals surface area contributed by atoms with Crippen LogP contribution in [0.15, 0.2) is 30.3 Å². The lowest BCUT2D eigenvalue weighted by molar-refractivity contribution is -0.140. The van der Waals surface area contributed by atoms with Gasteiger partial charge < -0.3 is 4.74 Å². The van der Waals surface area contributed by atoms with Crippen molar-refractivity contribution in [3.63, 3.8) is 0 Å². The molecule has 1 unspecified atom stereocenters. The SMILES string of the molecule is COC(=O)CCc1c(C)nn(-c2ccc(C(=O)C(C#N)c3nc(C)cc(C)n3)cc2)c1C. The van der Waals surface area contributed by atoms with Gasteiger partial charge in [0.15, 0.2) is 17.5 Å². The number of ether oxygens (including phenoxy) is 1. The van der Waals surface area contributed by atoms with E-state index < -0.39 is 5.92 Å². The zero-order valence-corrected chi connectivity index (χ0v) is 18.8. The number of rotatable bonds is 7. The van der Waals surface area contributed by atoms with Crippen LogP contribution in [0.1, 0.15) is 56.9 Å². The second kappa shape index (κ2) is 9.52. The molecule has 0 amide bonds. The Balaban J connectivity index is 1.85. The lowest BCUT2D eigenvalue weighted by atomic mass is 9.97. The van der Waals surface area contributed by atoms with Crippen LogP contribution in [0.5, 0.6) is 0 Å². The molecule has 1 aromatic carbocycles. The summed E-state index contributed by atoms with van der Waals surface area (Å²) >= 11 is 0. The van der Waals surface area contributed by atoms with E-state index in [2.05, 4.69) is 15.1 Å². The average Bonchev–Trinajstić information content (AvgIpc) is 3.05. The maximum atomic E-state index is 13.0. The van der Waals surface area contributed by atoms with Crippen molar-refractivity contribution in [3.8, 4) is 11.8 Å². The molecule has 164 valence electrons. The smallest absolute Gasteiger partial charge is 0.305 e. The van der Waals surface area contributed by atoms with Crippen LogP contribution in [-0.4, -0.2) is 38.6 Å². The predicted octanol–water partition coefficient (Wildman–Crippen LogP) is 3.49. The van der Waals surface area contributed by atoms with Gasteiger partial charge in [0.05, 0.1) is 24.6 Å². The number of ketones is 1. The summed E-state index contributed by atoms with van der Waals surface area (Å²) in [7, 11) is 1.37. The van der Waals surface area contributed by atoms with Crippen LogP contribution in [0.3, 0.4) is 0 Å². The van der Waals surface area contributed by atoms with Crippen LogP contribution in [0.4, 0.5) is 0 Å². The van der Waals surface area contributed by atoms with E-state index >= 15 is 0 Å². The van der Waals surface area contributed by atoms with Crippen LogP contribution >= 0.6 is 0 Å². The number of aryl methyl sites for hydroxylation is 3. The fraction of sp³-hybridized carbons (Fsp3) is 0.333. The molecule has 0 aliphatic carbocycles. The van der Waals surface area contributed by atoms with Crippen LogP contribution < -0.4 is 0 Å². The molecule has 0 aliphatic rings. The molecule has 0 radical (unpaired) electrons. The normalized spacial score (nSPS) is 11.6. The number of carbonyl (C=O) groups excluding carboxylic acids is 2. The van der Waals surface area contributed by atoms with E-state index in [1.165, 1.54) is 7.11 Å². The van der Waals surface area contributed by atoms with Crippen molar-refractivity contribution < 1.29 is 14.3 Å². The summed E-state index contributed by atoms with van der Waals surface area (Å²) in [5.74, 6) is -1.47. The second-order valence-electron chi connectivity index (χ2n) is 7.62. The van der Waals surface area contributed by atoms with Gasteiger partial charge in [-0.3, -0.25) is 9.59 Å². The number of nitriles is 1. The molecule has 0 bridgehead atoms. The maximum Gasteiger partial charge on any atom is 0.305 e. The maximum absolute atomic E-state index is 13.0. The van der Waals surface area contributed by atoms with Crippen LogP contribution in [0, 0.1) is 39.0 Å². The van der Waals surface area contributed by atoms with E-state index in [9.17, 15) is 14.9 Å². The number of carbonyl (C=O) groups is 2. The first-order valence-electron chi connectivity index (χ1n) is 10.2. The zero-order valence-electron chi connectivity index (χ0n) is 18.8. The summed E-state index contributed by atoms with van der Waals surface area (Å²) in [5.41, 5.74) is 5.35. The molecule has 1 atom stereocenters. The quantitative estimate of drug-likeness (QED) is 0.416. The van der Waals surface area contributed by atoms with Gasteiger partial charge >= 0.3 is 5.97 Å². The minimum atomic E-state index is -1.07. The van der Waals surface area contributed by atoms with Gasteiger partial charge in [0, 0.05) is 29.1 Å². The number of esters is 1. The van der Waals surface area contributed by atoms with Gasteiger partial charge in [0.1, 0.15) is 0 Å². The molecule has 0 aliphatic heterocycles. The molecular formula is C24H25N5O3. The average molecular weight is 431 g/mol. The summed E-state index contributed by atoms with van der Waals surface area (Å²) in [6.07, 6.45) is 0.827. The lowest BCUT2D eigenvalue weighted by Crippen LogP contribution is -2.15. The Morgan fingerprint density at radius 2 is 1.72 bits per heavy atom. The summed E-state index contributed by atoms with van der Waals surface area (Å²) < 4.78 is 6.50. The van der Waals surface area contributed by atoms with Crippen molar-refractivity contribution in [2.45, 2.75) is 46.5 Å². The number of nitrogens with zero attached hydrogens (tertiary/aromatic N) is 5. The molecule has 0 saturated heterocycles. The fourth-order valence-corrected chi connectivity index (χ4v) is 3.67. The first-order valence-corrected chi connectivity index (χ1v) is 10.2. The van der Waals surface area contributed by atoms with E-state index in [0.29, 0.717) is 23.4 Å². The highest BCUT2D eigenvalue weighted by Gasteiger charge is 2.25. The van der Waals surface area contributed by atoms with Gasteiger partial charge in [-0.25, -0.2) is 14.6 Å². The molecule has 8 nitrogen and oxygen atoms in total. The highest BCUT2D eigenvalue weighted by atomic mass is 16.5. The van der Waals surface area contributed by atoms with Gasteiger partial charge in [-0.05, 0) is 70.0 Å². The summed E-state index contributed by atoms with van der Waals surface area (Å²) in [4.78, 5) is 33.0. The summed E-state index contributed by atoms with van der Waals surface area (Å²) in [6, 6.07) is 10.8. The zero-order chi connectivity index (χ0) is 23.4. The number of methoxy groups -OCH3 is 1. The number of hydrogen-bond acceptors (Lipinski definition) is 7. The molecule has 0 saturated carbocycles. The minimum absolute atomic E-state index is 0.216. The van der Waals surface area contributed by atoms with Gasteiger partial charge in [-0.1, -0.05) is 0 Å². The number of aromatic nitrogens is 4. The molecular weight excluding hydrogens is 406 g/mol. The third-order valence-corrected chi connectivity index (χ3v) is 5.29. The monoisotopic (exact) mass is 431 g/mol. The van der Waals surface area contributed by atoms with E-state index in [-0.39, 0.29) is 24.0 Å². The molecule has 32 heavy (non-hydrogen) atoms. The Bertz CT molecular complexity index is 1190. The van der Waals surface area contributed by atoms with Crippen molar-refractivity contribution >= 4 is 11.8 Å². The number of benzene rings is 1. The minimum Gasteiger partial charge on any atom is -0.469 e. The lowest BCUT2D eigenvalue weighted by Gasteiger charge is -2.10. The van der Waals surface area contributed by atoms with E-state index in [1.807, 2.05) is 19.9 Å². The topological polar surface area (TPSA) is 111 Å². The Morgan fingerprint density at radius 3 is 2.28 bits per heavy atom. The van der Waals surface area contributed by atoms with Crippen LogP contribution in [0.25, 0.3) is 5.69 Å². The first kappa shape index (κ1) is 22.8. The molecule has 3 aromatic rings. The van der Waals surface area contributed by atoms with Crippen molar-refractivity contribution in [2.75, 3.05) is 7.11 Å². The van der Waals surface area contributed by atoms with E-state index in [1.54, 1.807) is 48.9 Å². The standard InChI is InChI=1S/C24H25N5O3/c1-14-12-15(2)27-24(26-14)21(13-25)23(31)18-6-8-19(9-7-18)29-17(4)20(16(3)28-29)10-11-22(30)32-5/h6-9,12,21H,10-11H2,1-5H3.